The summed E-state index contributed by atoms with van der Waals surface area (Å²) in [7, 11) is 0. The number of benzene rings is 1. The van der Waals surface area contributed by atoms with Crippen LogP contribution in [0.1, 0.15) is 28.8 Å². The van der Waals surface area contributed by atoms with Crippen molar-refractivity contribution in [1.82, 2.24) is 10.2 Å². The number of aliphatic carboxylic acids is 1. The Morgan fingerprint density at radius 1 is 1.38 bits per heavy atom. The second-order valence-electron chi connectivity index (χ2n) is 6.97. The third kappa shape index (κ3) is 4.90. The molecule has 1 aromatic carbocycles. The van der Waals surface area contributed by atoms with Gasteiger partial charge in [-0.25, -0.2) is 4.79 Å². The molecule has 1 unspecified atom stereocenters. The van der Waals surface area contributed by atoms with Crippen LogP contribution in [0.15, 0.2) is 18.2 Å². The highest BCUT2D eigenvalue weighted by molar-refractivity contribution is 6.06. The quantitative estimate of drug-likeness (QED) is 0.272. The Kier molecular flexibility index (Phi) is 6.45. The molecule has 2 aliphatic heterocycles. The lowest BCUT2D eigenvalue weighted by molar-refractivity contribution is -0.161. The van der Waals surface area contributed by atoms with Crippen molar-refractivity contribution in [2.75, 3.05) is 32.8 Å². The highest BCUT2D eigenvalue weighted by Crippen LogP contribution is 2.25. The fourth-order valence-electron chi connectivity index (χ4n) is 3.34. The number of amidine groups is 1. The van der Waals surface area contributed by atoms with Crippen LogP contribution in [0, 0.1) is 5.41 Å². The van der Waals surface area contributed by atoms with E-state index in [4.69, 9.17) is 20.6 Å². The van der Waals surface area contributed by atoms with Gasteiger partial charge in [0.1, 0.15) is 18.2 Å². The molecule has 0 bridgehead atoms. The van der Waals surface area contributed by atoms with Gasteiger partial charge in [-0.1, -0.05) is 6.07 Å². The molecule has 2 heterocycles. The standard InChI is InChI=1S/C19H24N4O6/c20-17(21)11-1-2-13-15(9-11)28-8-7-23(18(13)25)10-14(24)16(19(26)27)29-12-3-5-22-6-4-12/h1-2,9,12,16,22H,3-8,10H2,(H3,20,21)(H,26,27). The number of ketones is 1. The Hall–Kier alpha value is -2.98. The van der Waals surface area contributed by atoms with Crippen LogP contribution in [0.3, 0.4) is 0 Å². The second-order valence-corrected chi connectivity index (χ2v) is 6.97. The molecule has 10 heteroatoms. The molecule has 0 saturated carbocycles. The number of hydrogen-bond donors (Lipinski definition) is 4. The topological polar surface area (TPSA) is 155 Å². The number of nitrogens with two attached hydrogens (primary N) is 1. The summed E-state index contributed by atoms with van der Waals surface area (Å²) in [5.74, 6) is -2.38. The van der Waals surface area contributed by atoms with Crippen molar-refractivity contribution in [2.24, 2.45) is 5.73 Å². The van der Waals surface area contributed by atoms with Gasteiger partial charge in [-0.05, 0) is 38.1 Å². The monoisotopic (exact) mass is 404 g/mol. The molecule has 156 valence electrons. The number of carbonyl (C=O) groups is 3. The summed E-state index contributed by atoms with van der Waals surface area (Å²) < 4.78 is 11.1. The minimum atomic E-state index is -1.62. The van der Waals surface area contributed by atoms with E-state index in [9.17, 15) is 19.5 Å². The molecule has 1 saturated heterocycles. The van der Waals surface area contributed by atoms with Gasteiger partial charge in [-0.3, -0.25) is 15.0 Å². The Morgan fingerprint density at radius 3 is 2.76 bits per heavy atom. The van der Waals surface area contributed by atoms with Gasteiger partial charge >= 0.3 is 5.97 Å². The molecule has 1 aromatic rings. The summed E-state index contributed by atoms with van der Waals surface area (Å²) in [6, 6.07) is 4.51. The predicted octanol–water partition coefficient (Wildman–Crippen LogP) is -0.404. The third-order valence-electron chi connectivity index (χ3n) is 4.91. The van der Waals surface area contributed by atoms with E-state index in [2.05, 4.69) is 5.32 Å². The number of Topliss-reactive ketones (excluding diaryl/α,β-unsaturated/α-hetero) is 1. The normalized spacial score (nSPS) is 18.3. The second kappa shape index (κ2) is 9.01. The largest absolute Gasteiger partial charge is 0.491 e. The summed E-state index contributed by atoms with van der Waals surface area (Å²) in [5.41, 5.74) is 6.11. The number of piperidine rings is 1. The number of rotatable bonds is 7. The number of nitrogens with zero attached hydrogens (tertiary/aromatic N) is 1. The first-order chi connectivity index (χ1) is 13.9. The molecule has 0 spiro atoms. The molecule has 1 atom stereocenters. The van der Waals surface area contributed by atoms with Crippen LogP contribution in [-0.4, -0.2) is 78.5 Å². The SMILES string of the molecule is N=C(N)c1ccc2c(c1)OCCN(CC(=O)C(OC1CCNCC1)C(=O)O)C2=O. The van der Waals surface area contributed by atoms with Crippen LogP contribution < -0.4 is 15.8 Å². The molecular formula is C19H24N4O6. The van der Waals surface area contributed by atoms with Gasteiger partial charge < -0.3 is 30.5 Å². The van der Waals surface area contributed by atoms with Crippen molar-refractivity contribution in [3.8, 4) is 5.75 Å². The maximum atomic E-state index is 12.8. The van der Waals surface area contributed by atoms with Crippen molar-refractivity contribution < 1.29 is 29.0 Å². The number of hydrogen-bond acceptors (Lipinski definition) is 7. The number of amides is 1. The summed E-state index contributed by atoms with van der Waals surface area (Å²) in [5, 5.41) is 20.1. The van der Waals surface area contributed by atoms with Gasteiger partial charge in [0.25, 0.3) is 5.91 Å². The molecule has 0 aliphatic carbocycles. The molecule has 3 rings (SSSR count). The lowest BCUT2D eigenvalue weighted by atomic mass is 10.1. The number of carboxylic acids is 1. The molecule has 0 aromatic heterocycles. The molecule has 1 amide bonds. The minimum Gasteiger partial charge on any atom is -0.491 e. The molecule has 1 fully saturated rings. The van der Waals surface area contributed by atoms with Gasteiger partial charge in [0.2, 0.25) is 6.10 Å². The summed E-state index contributed by atoms with van der Waals surface area (Å²) in [6.07, 6.45) is -0.677. The van der Waals surface area contributed by atoms with E-state index in [1.165, 1.54) is 23.1 Å². The van der Waals surface area contributed by atoms with Crippen molar-refractivity contribution in [3.63, 3.8) is 0 Å². The van der Waals surface area contributed by atoms with Crippen LogP contribution in [-0.2, 0) is 14.3 Å². The Balaban J connectivity index is 1.72. The highest BCUT2D eigenvalue weighted by atomic mass is 16.5. The molecule has 2 aliphatic rings. The van der Waals surface area contributed by atoms with E-state index in [-0.39, 0.29) is 36.4 Å². The maximum absolute atomic E-state index is 12.8. The number of nitrogens with one attached hydrogen (secondary N) is 2. The molecule has 5 N–H and O–H groups in total. The number of carbonyl (C=O) groups excluding carboxylic acids is 2. The predicted molar refractivity (Wildman–Crippen MR) is 102 cm³/mol. The van der Waals surface area contributed by atoms with Crippen molar-refractivity contribution in [3.05, 3.63) is 29.3 Å². The first kappa shape index (κ1) is 20.7. The van der Waals surface area contributed by atoms with E-state index in [0.29, 0.717) is 31.5 Å². The number of ether oxygens (including phenoxy) is 2. The van der Waals surface area contributed by atoms with E-state index >= 15 is 0 Å². The van der Waals surface area contributed by atoms with Gasteiger partial charge in [-0.15, -0.1) is 0 Å². The Bertz CT molecular complexity index is 821. The van der Waals surface area contributed by atoms with E-state index in [1.54, 1.807) is 0 Å². The number of nitrogen functional groups attached to an aromatic ring is 1. The first-order valence-electron chi connectivity index (χ1n) is 9.39. The van der Waals surface area contributed by atoms with Gasteiger partial charge in [0.15, 0.2) is 5.78 Å². The van der Waals surface area contributed by atoms with Crippen LogP contribution in [0.25, 0.3) is 0 Å². The zero-order valence-electron chi connectivity index (χ0n) is 15.8. The Morgan fingerprint density at radius 2 is 2.10 bits per heavy atom. The van der Waals surface area contributed by atoms with Crippen LogP contribution >= 0.6 is 0 Å². The summed E-state index contributed by atoms with van der Waals surface area (Å²) in [6.45, 7) is 1.25. The van der Waals surface area contributed by atoms with Crippen LogP contribution in [0.2, 0.25) is 0 Å². The fraction of sp³-hybridized carbons (Fsp3) is 0.474. The Labute approximate surface area is 167 Å². The minimum absolute atomic E-state index is 0.119. The summed E-state index contributed by atoms with van der Waals surface area (Å²) >= 11 is 0. The van der Waals surface area contributed by atoms with E-state index in [0.717, 1.165) is 0 Å². The van der Waals surface area contributed by atoms with Crippen molar-refractivity contribution in [2.45, 2.75) is 25.0 Å². The third-order valence-corrected chi connectivity index (χ3v) is 4.91. The molecule has 29 heavy (non-hydrogen) atoms. The number of carboxylic acid groups (broad SMARTS) is 1. The zero-order valence-corrected chi connectivity index (χ0v) is 15.8. The van der Waals surface area contributed by atoms with Crippen LogP contribution in [0.4, 0.5) is 0 Å². The van der Waals surface area contributed by atoms with Gasteiger partial charge in [-0.2, -0.15) is 0 Å². The molecule has 10 nitrogen and oxygen atoms in total. The fourth-order valence-corrected chi connectivity index (χ4v) is 3.34. The lowest BCUT2D eigenvalue weighted by Gasteiger charge is -2.27. The van der Waals surface area contributed by atoms with E-state index in [1.807, 2.05) is 0 Å². The van der Waals surface area contributed by atoms with Crippen molar-refractivity contribution >= 4 is 23.5 Å². The van der Waals surface area contributed by atoms with Gasteiger partial charge in [0.05, 0.1) is 24.8 Å². The number of fused-ring (bicyclic) bond motifs is 1. The van der Waals surface area contributed by atoms with Crippen molar-refractivity contribution in [1.29, 1.82) is 5.41 Å². The van der Waals surface area contributed by atoms with Gasteiger partial charge in [0, 0.05) is 5.56 Å². The molecular weight excluding hydrogens is 380 g/mol. The van der Waals surface area contributed by atoms with E-state index < -0.39 is 30.3 Å². The average Bonchev–Trinajstić information content (AvgIpc) is 2.85. The zero-order chi connectivity index (χ0) is 21.0. The van der Waals surface area contributed by atoms with Crippen LogP contribution in [0.5, 0.6) is 5.75 Å². The smallest absolute Gasteiger partial charge is 0.340 e. The highest BCUT2D eigenvalue weighted by Gasteiger charge is 2.34. The first-order valence-corrected chi connectivity index (χ1v) is 9.39. The maximum Gasteiger partial charge on any atom is 0.340 e. The average molecular weight is 404 g/mol. The lowest BCUT2D eigenvalue weighted by Crippen LogP contribution is -2.46. The summed E-state index contributed by atoms with van der Waals surface area (Å²) in [4.78, 5) is 38.3. The molecule has 0 radical (unpaired) electrons.